The van der Waals surface area contributed by atoms with Crippen molar-refractivity contribution in [2.24, 2.45) is 0 Å². The van der Waals surface area contributed by atoms with Gasteiger partial charge in [0.25, 0.3) is 5.91 Å². The molecule has 160 valence electrons. The minimum atomic E-state index is 0.0575. The Kier molecular flexibility index (Phi) is 6.68. The third-order valence-corrected chi connectivity index (χ3v) is 5.99. The van der Waals surface area contributed by atoms with Gasteiger partial charge in [0.1, 0.15) is 0 Å². The van der Waals surface area contributed by atoms with Crippen molar-refractivity contribution in [2.75, 3.05) is 38.1 Å². The Hall–Kier alpha value is -3.11. The quantitative estimate of drug-likeness (QED) is 0.591. The van der Waals surface area contributed by atoms with Gasteiger partial charge in [-0.2, -0.15) is 0 Å². The van der Waals surface area contributed by atoms with Crippen LogP contribution in [0, 0.1) is 6.92 Å². The second kappa shape index (κ2) is 9.80. The fourth-order valence-electron chi connectivity index (χ4n) is 4.08. The van der Waals surface area contributed by atoms with Crippen molar-refractivity contribution in [3.63, 3.8) is 0 Å². The molecule has 0 saturated carbocycles. The zero-order chi connectivity index (χ0) is 21.6. The van der Waals surface area contributed by atoms with Crippen LogP contribution in [0.25, 0.3) is 0 Å². The molecule has 1 heterocycles. The second-order valence-corrected chi connectivity index (χ2v) is 8.44. The van der Waals surface area contributed by atoms with E-state index in [4.69, 9.17) is 0 Å². The van der Waals surface area contributed by atoms with Crippen LogP contribution < -0.4 is 4.90 Å². The van der Waals surface area contributed by atoms with Gasteiger partial charge in [-0.25, -0.2) is 0 Å². The molecular weight excluding hydrogens is 382 g/mol. The number of hydrogen-bond donors (Lipinski definition) is 0. The first-order valence-corrected chi connectivity index (χ1v) is 11.0. The predicted molar refractivity (Wildman–Crippen MR) is 127 cm³/mol. The molecule has 31 heavy (non-hydrogen) atoms. The summed E-state index contributed by atoms with van der Waals surface area (Å²) in [4.78, 5) is 19.5. The first-order valence-electron chi connectivity index (χ1n) is 11.0. The van der Waals surface area contributed by atoms with Gasteiger partial charge in [0.2, 0.25) is 0 Å². The van der Waals surface area contributed by atoms with Gasteiger partial charge >= 0.3 is 0 Å². The molecule has 0 unspecified atom stereocenters. The molecule has 1 fully saturated rings. The largest absolute Gasteiger partial charge is 0.369 e. The molecule has 1 aliphatic rings. The van der Waals surface area contributed by atoms with Crippen LogP contribution in [0.3, 0.4) is 0 Å². The molecule has 1 saturated heterocycles. The first kappa shape index (κ1) is 21.1. The molecule has 0 atom stereocenters. The summed E-state index contributed by atoms with van der Waals surface area (Å²) in [6, 6.07) is 27.0. The van der Waals surface area contributed by atoms with Crippen LogP contribution in [0.5, 0.6) is 0 Å². The molecule has 3 aromatic rings. The average Bonchev–Trinajstić information content (AvgIpc) is 2.81. The van der Waals surface area contributed by atoms with Gasteiger partial charge in [0, 0.05) is 57.6 Å². The Balaban J connectivity index is 1.28. The van der Waals surface area contributed by atoms with Crippen LogP contribution >= 0.6 is 0 Å². The SMILES string of the molecule is Cc1ccc(N2CCN(Cc3ccc(C(=O)N(C)Cc4ccccc4)cc3)CC2)cc1. The summed E-state index contributed by atoms with van der Waals surface area (Å²) in [7, 11) is 1.86. The highest BCUT2D eigenvalue weighted by Gasteiger charge is 2.18. The van der Waals surface area contributed by atoms with E-state index in [0.717, 1.165) is 43.9 Å². The highest BCUT2D eigenvalue weighted by molar-refractivity contribution is 5.94. The molecule has 4 nitrogen and oxygen atoms in total. The second-order valence-electron chi connectivity index (χ2n) is 8.44. The Morgan fingerprint density at radius 3 is 2.10 bits per heavy atom. The van der Waals surface area contributed by atoms with Gasteiger partial charge in [-0.3, -0.25) is 9.69 Å². The average molecular weight is 414 g/mol. The lowest BCUT2D eigenvalue weighted by Crippen LogP contribution is -2.45. The van der Waals surface area contributed by atoms with Crippen molar-refractivity contribution in [1.82, 2.24) is 9.80 Å². The van der Waals surface area contributed by atoms with E-state index in [2.05, 4.69) is 53.1 Å². The van der Waals surface area contributed by atoms with Gasteiger partial charge in [-0.15, -0.1) is 0 Å². The molecule has 0 bridgehead atoms. The number of rotatable bonds is 6. The third-order valence-electron chi connectivity index (χ3n) is 5.99. The number of aryl methyl sites for hydroxylation is 1. The van der Waals surface area contributed by atoms with Crippen LogP contribution in [0.2, 0.25) is 0 Å². The maximum absolute atomic E-state index is 12.8. The molecule has 0 aromatic heterocycles. The van der Waals surface area contributed by atoms with Crippen LogP contribution in [0.15, 0.2) is 78.9 Å². The smallest absolute Gasteiger partial charge is 0.253 e. The molecular formula is C27H31N3O. The van der Waals surface area contributed by atoms with E-state index in [9.17, 15) is 4.79 Å². The normalized spacial score (nSPS) is 14.5. The number of carbonyl (C=O) groups excluding carboxylic acids is 1. The van der Waals surface area contributed by atoms with Crippen LogP contribution in [-0.4, -0.2) is 48.9 Å². The van der Waals surface area contributed by atoms with Gasteiger partial charge < -0.3 is 9.80 Å². The third kappa shape index (κ3) is 5.53. The molecule has 0 radical (unpaired) electrons. The van der Waals surface area contributed by atoms with E-state index in [0.29, 0.717) is 6.54 Å². The zero-order valence-corrected chi connectivity index (χ0v) is 18.5. The highest BCUT2D eigenvalue weighted by Crippen LogP contribution is 2.18. The summed E-state index contributed by atoms with van der Waals surface area (Å²) in [6.07, 6.45) is 0. The first-order chi connectivity index (χ1) is 15.1. The fourth-order valence-corrected chi connectivity index (χ4v) is 4.08. The Labute approximate surface area is 185 Å². The van der Waals surface area contributed by atoms with E-state index in [1.54, 1.807) is 4.90 Å². The number of nitrogens with zero attached hydrogens (tertiary/aromatic N) is 3. The number of anilines is 1. The Bertz CT molecular complexity index is 975. The molecule has 0 N–H and O–H groups in total. The minimum absolute atomic E-state index is 0.0575. The fraction of sp³-hybridized carbons (Fsp3) is 0.296. The summed E-state index contributed by atoms with van der Waals surface area (Å²) >= 11 is 0. The maximum Gasteiger partial charge on any atom is 0.253 e. The molecule has 4 heteroatoms. The summed E-state index contributed by atoms with van der Waals surface area (Å²) in [5.41, 5.74) is 5.75. The maximum atomic E-state index is 12.8. The molecule has 1 amide bonds. The van der Waals surface area contributed by atoms with Crippen molar-refractivity contribution >= 4 is 11.6 Å². The Morgan fingerprint density at radius 1 is 0.806 bits per heavy atom. The minimum Gasteiger partial charge on any atom is -0.369 e. The van der Waals surface area contributed by atoms with Crippen molar-refractivity contribution in [3.05, 3.63) is 101 Å². The number of benzene rings is 3. The molecule has 1 aliphatic heterocycles. The van der Waals surface area contributed by atoms with E-state index >= 15 is 0 Å². The molecule has 0 spiro atoms. The number of hydrogen-bond acceptors (Lipinski definition) is 3. The van der Waals surface area contributed by atoms with Crippen molar-refractivity contribution in [2.45, 2.75) is 20.0 Å². The Morgan fingerprint density at radius 2 is 1.45 bits per heavy atom. The lowest BCUT2D eigenvalue weighted by atomic mass is 10.1. The predicted octanol–water partition coefficient (Wildman–Crippen LogP) is 4.59. The van der Waals surface area contributed by atoms with Crippen molar-refractivity contribution < 1.29 is 4.79 Å². The zero-order valence-electron chi connectivity index (χ0n) is 18.5. The number of amides is 1. The molecule has 4 rings (SSSR count). The van der Waals surface area contributed by atoms with E-state index in [1.165, 1.54) is 16.8 Å². The van der Waals surface area contributed by atoms with Gasteiger partial charge in [-0.1, -0.05) is 60.2 Å². The summed E-state index contributed by atoms with van der Waals surface area (Å²) in [6.45, 7) is 7.86. The lowest BCUT2D eigenvalue weighted by Gasteiger charge is -2.36. The van der Waals surface area contributed by atoms with E-state index in [1.807, 2.05) is 49.5 Å². The highest BCUT2D eigenvalue weighted by atomic mass is 16.2. The van der Waals surface area contributed by atoms with E-state index < -0.39 is 0 Å². The summed E-state index contributed by atoms with van der Waals surface area (Å²) < 4.78 is 0. The summed E-state index contributed by atoms with van der Waals surface area (Å²) in [5, 5.41) is 0. The van der Waals surface area contributed by atoms with Crippen LogP contribution in [0.1, 0.15) is 27.0 Å². The molecule has 0 aliphatic carbocycles. The van der Waals surface area contributed by atoms with Gasteiger partial charge in [0.15, 0.2) is 0 Å². The van der Waals surface area contributed by atoms with Crippen molar-refractivity contribution in [3.8, 4) is 0 Å². The molecule has 3 aromatic carbocycles. The summed E-state index contributed by atoms with van der Waals surface area (Å²) in [5.74, 6) is 0.0575. The van der Waals surface area contributed by atoms with Gasteiger partial charge in [0.05, 0.1) is 0 Å². The monoisotopic (exact) mass is 413 g/mol. The van der Waals surface area contributed by atoms with Crippen LogP contribution in [-0.2, 0) is 13.1 Å². The van der Waals surface area contributed by atoms with Gasteiger partial charge in [-0.05, 0) is 42.3 Å². The van der Waals surface area contributed by atoms with Crippen molar-refractivity contribution in [1.29, 1.82) is 0 Å². The van der Waals surface area contributed by atoms with Crippen LogP contribution in [0.4, 0.5) is 5.69 Å². The van der Waals surface area contributed by atoms with E-state index in [-0.39, 0.29) is 5.91 Å². The lowest BCUT2D eigenvalue weighted by molar-refractivity contribution is 0.0785. The standard InChI is InChI=1S/C27H31N3O/c1-22-8-14-26(15-9-22)30-18-16-29(17-19-30)21-24-10-12-25(13-11-24)27(31)28(2)20-23-6-4-3-5-7-23/h3-15H,16-21H2,1-2H3. The number of piperazine rings is 1. The number of carbonyl (C=O) groups is 1. The topological polar surface area (TPSA) is 26.8 Å².